The van der Waals surface area contributed by atoms with Crippen LogP contribution in [0.2, 0.25) is 10.0 Å². The van der Waals surface area contributed by atoms with Gasteiger partial charge >= 0.3 is 0 Å². The van der Waals surface area contributed by atoms with Crippen LogP contribution in [0.1, 0.15) is 11.1 Å². The standard InChI is InChI=1S/C23H17Cl2NO4S/c1-29-23-13-17(4-11-22(23)30-15-16-2-5-18(24)6-3-16)12-21(14-26)31(27,28)20-9-7-19(25)8-10-20/h2-13H,15H2,1H3. The third kappa shape index (κ3) is 5.59. The summed E-state index contributed by atoms with van der Waals surface area (Å²) in [6, 6.07) is 19.6. The lowest BCUT2D eigenvalue weighted by molar-refractivity contribution is 0.284. The van der Waals surface area contributed by atoms with E-state index in [4.69, 9.17) is 32.7 Å². The van der Waals surface area contributed by atoms with E-state index in [0.29, 0.717) is 33.7 Å². The first kappa shape index (κ1) is 22.7. The van der Waals surface area contributed by atoms with Crippen molar-refractivity contribution in [1.29, 1.82) is 5.26 Å². The van der Waals surface area contributed by atoms with Gasteiger partial charge in [0.15, 0.2) is 11.5 Å². The first-order chi connectivity index (χ1) is 14.8. The Morgan fingerprint density at radius 1 is 0.968 bits per heavy atom. The molecule has 0 amide bonds. The quantitative estimate of drug-likeness (QED) is 0.398. The second-order valence-corrected chi connectivity index (χ2v) is 9.19. The molecule has 5 nitrogen and oxygen atoms in total. The zero-order valence-corrected chi connectivity index (χ0v) is 18.7. The van der Waals surface area contributed by atoms with Gasteiger partial charge in [-0.25, -0.2) is 8.42 Å². The lowest BCUT2D eigenvalue weighted by Gasteiger charge is -2.12. The van der Waals surface area contributed by atoms with Gasteiger partial charge in [0.25, 0.3) is 0 Å². The summed E-state index contributed by atoms with van der Waals surface area (Å²) in [6.45, 7) is 0.303. The number of hydrogen-bond acceptors (Lipinski definition) is 5. The molecule has 158 valence electrons. The zero-order chi connectivity index (χ0) is 22.4. The molecule has 3 aromatic carbocycles. The van der Waals surface area contributed by atoms with Gasteiger partial charge in [-0.2, -0.15) is 5.26 Å². The maximum Gasteiger partial charge on any atom is 0.216 e. The van der Waals surface area contributed by atoms with Crippen LogP contribution in [0, 0.1) is 11.3 Å². The Bertz CT molecular complexity index is 1250. The number of ether oxygens (including phenoxy) is 2. The molecule has 0 aliphatic rings. The zero-order valence-electron chi connectivity index (χ0n) is 16.4. The molecule has 31 heavy (non-hydrogen) atoms. The SMILES string of the molecule is COc1cc(C=C(C#N)S(=O)(=O)c2ccc(Cl)cc2)ccc1OCc1ccc(Cl)cc1. The van der Waals surface area contributed by atoms with E-state index in [2.05, 4.69) is 0 Å². The fourth-order valence-electron chi connectivity index (χ4n) is 2.70. The molecule has 0 saturated heterocycles. The van der Waals surface area contributed by atoms with Gasteiger partial charge in [0.05, 0.1) is 12.0 Å². The maximum atomic E-state index is 12.8. The molecule has 0 bridgehead atoms. The van der Waals surface area contributed by atoms with E-state index in [9.17, 15) is 13.7 Å². The molecule has 0 unspecified atom stereocenters. The van der Waals surface area contributed by atoms with Crippen molar-refractivity contribution in [3.8, 4) is 17.6 Å². The van der Waals surface area contributed by atoms with Crippen molar-refractivity contribution in [3.05, 3.63) is 92.8 Å². The van der Waals surface area contributed by atoms with Crippen molar-refractivity contribution in [3.63, 3.8) is 0 Å². The van der Waals surface area contributed by atoms with Crippen molar-refractivity contribution in [2.75, 3.05) is 7.11 Å². The third-order valence-corrected chi connectivity index (χ3v) is 6.50. The summed E-state index contributed by atoms with van der Waals surface area (Å²) >= 11 is 11.7. The highest BCUT2D eigenvalue weighted by Crippen LogP contribution is 2.31. The fraction of sp³-hybridized carbons (Fsp3) is 0.0870. The molecule has 0 spiro atoms. The van der Waals surface area contributed by atoms with Gasteiger partial charge < -0.3 is 9.47 Å². The predicted molar refractivity (Wildman–Crippen MR) is 121 cm³/mol. The molecule has 0 saturated carbocycles. The third-order valence-electron chi connectivity index (χ3n) is 4.32. The number of allylic oxidation sites excluding steroid dienone is 1. The second kappa shape index (κ2) is 9.88. The number of methoxy groups -OCH3 is 1. The van der Waals surface area contributed by atoms with Crippen LogP contribution in [0.4, 0.5) is 0 Å². The Kier molecular flexibility index (Phi) is 7.24. The number of halogens is 2. The summed E-state index contributed by atoms with van der Waals surface area (Å²) in [7, 11) is -2.51. The van der Waals surface area contributed by atoms with E-state index < -0.39 is 14.7 Å². The minimum Gasteiger partial charge on any atom is -0.493 e. The first-order valence-corrected chi connectivity index (χ1v) is 11.2. The van der Waals surface area contributed by atoms with E-state index in [1.807, 2.05) is 12.1 Å². The van der Waals surface area contributed by atoms with Crippen LogP contribution in [0.25, 0.3) is 6.08 Å². The van der Waals surface area contributed by atoms with Crippen molar-refractivity contribution < 1.29 is 17.9 Å². The summed E-state index contributed by atoms with van der Waals surface area (Å²) in [5.41, 5.74) is 1.40. The normalized spacial score (nSPS) is 11.6. The predicted octanol–water partition coefficient (Wildman–Crippen LogP) is 5.92. The molecule has 0 aliphatic carbocycles. The molecule has 0 fully saturated rings. The highest BCUT2D eigenvalue weighted by molar-refractivity contribution is 7.95. The second-order valence-electron chi connectivity index (χ2n) is 6.40. The molecule has 8 heteroatoms. The molecule has 0 atom stereocenters. The van der Waals surface area contributed by atoms with E-state index >= 15 is 0 Å². The van der Waals surface area contributed by atoms with Crippen LogP contribution < -0.4 is 9.47 Å². The van der Waals surface area contributed by atoms with Crippen LogP contribution in [-0.4, -0.2) is 15.5 Å². The van der Waals surface area contributed by atoms with Gasteiger partial charge in [0, 0.05) is 10.0 Å². The summed E-state index contributed by atoms with van der Waals surface area (Å²) in [4.78, 5) is -0.411. The van der Waals surface area contributed by atoms with E-state index in [1.165, 1.54) is 37.5 Å². The lowest BCUT2D eigenvalue weighted by Crippen LogP contribution is -2.03. The topological polar surface area (TPSA) is 76.4 Å². The number of hydrogen-bond donors (Lipinski definition) is 0. The van der Waals surface area contributed by atoms with Gasteiger partial charge in [0.2, 0.25) is 9.84 Å². The summed E-state index contributed by atoms with van der Waals surface area (Å²) < 4.78 is 36.7. The molecule has 0 N–H and O–H groups in total. The summed E-state index contributed by atoms with van der Waals surface area (Å²) in [6.07, 6.45) is 1.29. The molecule has 0 heterocycles. The molecular weight excluding hydrogens is 457 g/mol. The Balaban J connectivity index is 1.86. The van der Waals surface area contributed by atoms with Gasteiger partial charge in [-0.3, -0.25) is 0 Å². The first-order valence-electron chi connectivity index (χ1n) is 9.01. The molecular formula is C23H17Cl2NO4S. The van der Waals surface area contributed by atoms with Gasteiger partial charge in [-0.05, 0) is 65.7 Å². The molecule has 3 rings (SSSR count). The number of benzene rings is 3. The lowest BCUT2D eigenvalue weighted by atomic mass is 10.2. The number of nitriles is 1. The van der Waals surface area contributed by atoms with Crippen LogP contribution >= 0.6 is 23.2 Å². The number of nitrogens with zero attached hydrogens (tertiary/aromatic N) is 1. The largest absolute Gasteiger partial charge is 0.493 e. The monoisotopic (exact) mass is 473 g/mol. The highest BCUT2D eigenvalue weighted by Gasteiger charge is 2.21. The van der Waals surface area contributed by atoms with Gasteiger partial charge in [-0.15, -0.1) is 0 Å². The van der Waals surface area contributed by atoms with E-state index in [1.54, 1.807) is 36.4 Å². The Hall–Kier alpha value is -2.98. The smallest absolute Gasteiger partial charge is 0.216 e. The molecule has 0 aromatic heterocycles. The van der Waals surface area contributed by atoms with Crippen molar-refractivity contribution in [2.45, 2.75) is 11.5 Å². The van der Waals surface area contributed by atoms with Crippen molar-refractivity contribution in [1.82, 2.24) is 0 Å². The van der Waals surface area contributed by atoms with Crippen LogP contribution in [0.5, 0.6) is 11.5 Å². The number of sulfone groups is 1. The molecule has 0 radical (unpaired) electrons. The molecule has 0 aliphatic heterocycles. The Morgan fingerprint density at radius 2 is 1.58 bits per heavy atom. The van der Waals surface area contributed by atoms with Gasteiger partial charge in [0.1, 0.15) is 17.6 Å². The highest BCUT2D eigenvalue weighted by atomic mass is 35.5. The van der Waals surface area contributed by atoms with Crippen LogP contribution in [0.15, 0.2) is 76.5 Å². The van der Waals surface area contributed by atoms with Gasteiger partial charge in [-0.1, -0.05) is 41.4 Å². The number of rotatable bonds is 7. The summed E-state index contributed by atoms with van der Waals surface area (Å²) in [5.74, 6) is 0.887. The van der Waals surface area contributed by atoms with Crippen molar-refractivity contribution in [2.24, 2.45) is 0 Å². The Morgan fingerprint density at radius 3 is 2.16 bits per heavy atom. The Labute approximate surface area is 191 Å². The van der Waals surface area contributed by atoms with Crippen molar-refractivity contribution >= 4 is 39.1 Å². The average molecular weight is 474 g/mol. The van der Waals surface area contributed by atoms with Crippen LogP contribution in [-0.2, 0) is 16.4 Å². The average Bonchev–Trinajstić information content (AvgIpc) is 2.77. The minimum absolute atomic E-state index is 0.0143. The summed E-state index contributed by atoms with van der Waals surface area (Å²) in [5, 5.41) is 10.5. The molecule has 3 aromatic rings. The van der Waals surface area contributed by atoms with E-state index in [-0.39, 0.29) is 4.90 Å². The van der Waals surface area contributed by atoms with Crippen LogP contribution in [0.3, 0.4) is 0 Å². The van der Waals surface area contributed by atoms with E-state index in [0.717, 1.165) is 5.56 Å². The minimum atomic E-state index is -3.99. The maximum absolute atomic E-state index is 12.8. The fourth-order valence-corrected chi connectivity index (χ4v) is 4.11.